The average Bonchev–Trinajstić information content (AvgIpc) is 2.56. The lowest BCUT2D eigenvalue weighted by Crippen LogP contribution is -2.45. The van der Waals surface area contributed by atoms with E-state index in [4.69, 9.17) is 5.84 Å². The van der Waals surface area contributed by atoms with E-state index in [1.54, 1.807) is 0 Å². The first kappa shape index (κ1) is 15.7. The predicted octanol–water partition coefficient (Wildman–Crippen LogP) is 2.89. The first-order valence-corrected chi connectivity index (χ1v) is 8.05. The number of aliphatic imine (C=N–C) groups is 1. The minimum Gasteiger partial charge on any atom is -0.340 e. The van der Waals surface area contributed by atoms with Crippen molar-refractivity contribution >= 4 is 33.4 Å². The lowest BCUT2D eigenvalue weighted by molar-refractivity contribution is -0.121. The number of fused-ring (bicyclic) bond motifs is 1. The Morgan fingerprint density at radius 3 is 2.74 bits per heavy atom. The Kier molecular flexibility index (Phi) is 4.45. The summed E-state index contributed by atoms with van der Waals surface area (Å²) in [6.45, 7) is 2.06. The molecule has 0 saturated heterocycles. The third-order valence-electron chi connectivity index (χ3n) is 3.88. The minimum absolute atomic E-state index is 0.0847. The summed E-state index contributed by atoms with van der Waals surface area (Å²) in [4.78, 5) is 18.4. The van der Waals surface area contributed by atoms with Gasteiger partial charge in [0.15, 0.2) is 0 Å². The highest BCUT2D eigenvalue weighted by Gasteiger charge is 2.30. The molecule has 2 aromatic rings. The van der Waals surface area contributed by atoms with Crippen LogP contribution in [0.15, 0.2) is 58.0 Å². The Hall–Kier alpha value is -2.18. The van der Waals surface area contributed by atoms with Gasteiger partial charge in [0.25, 0.3) is 5.91 Å². The quantitative estimate of drug-likeness (QED) is 0.494. The molecular weight excluding hydrogens is 356 g/mol. The normalized spacial score (nSPS) is 16.6. The molecule has 3 rings (SSSR count). The van der Waals surface area contributed by atoms with Gasteiger partial charge in [-0.2, -0.15) is 0 Å². The molecule has 6 heteroatoms. The van der Waals surface area contributed by atoms with Gasteiger partial charge in [0.2, 0.25) is 0 Å². The molecule has 0 saturated carbocycles. The van der Waals surface area contributed by atoms with Gasteiger partial charge in [-0.15, -0.1) is 0 Å². The summed E-state index contributed by atoms with van der Waals surface area (Å²) in [6, 6.07) is 16.0. The summed E-state index contributed by atoms with van der Waals surface area (Å²) < 4.78 is 0.982. The summed E-state index contributed by atoms with van der Waals surface area (Å²) in [5, 5.41) is 0. The molecule has 118 valence electrons. The monoisotopic (exact) mass is 372 g/mol. The number of halogens is 1. The minimum atomic E-state index is -0.251. The maximum Gasteiger partial charge on any atom is 0.253 e. The lowest BCUT2D eigenvalue weighted by Gasteiger charge is -2.37. The standard InChI is InChI=1S/C17H17BrN4O/c1-11-20-15-8-7-13(18)9-14(15)17(12-5-3-2-4-6-12)22(11)10-16(23)21-19/h2-9,17H,10,19H2,1H3,(H,21,23)/t17-/m1/s1. The van der Waals surface area contributed by atoms with Crippen LogP contribution in [-0.4, -0.2) is 23.2 Å². The fourth-order valence-electron chi connectivity index (χ4n) is 2.84. The van der Waals surface area contributed by atoms with E-state index in [0.29, 0.717) is 0 Å². The van der Waals surface area contributed by atoms with Gasteiger partial charge in [-0.1, -0.05) is 46.3 Å². The summed E-state index contributed by atoms with van der Waals surface area (Å²) in [5.41, 5.74) is 5.27. The molecule has 0 bridgehead atoms. The van der Waals surface area contributed by atoms with E-state index in [0.717, 1.165) is 27.1 Å². The molecule has 3 N–H and O–H groups in total. The van der Waals surface area contributed by atoms with Crippen molar-refractivity contribution in [1.29, 1.82) is 0 Å². The number of carbonyl (C=O) groups excluding carboxylic acids is 1. The Balaban J connectivity index is 2.13. The van der Waals surface area contributed by atoms with Crippen LogP contribution in [0.4, 0.5) is 5.69 Å². The molecule has 1 aliphatic heterocycles. The van der Waals surface area contributed by atoms with Crippen molar-refractivity contribution in [2.45, 2.75) is 13.0 Å². The van der Waals surface area contributed by atoms with Gasteiger partial charge in [-0.05, 0) is 30.7 Å². The van der Waals surface area contributed by atoms with Crippen LogP contribution in [0, 0.1) is 0 Å². The van der Waals surface area contributed by atoms with Gasteiger partial charge in [-0.3, -0.25) is 10.2 Å². The van der Waals surface area contributed by atoms with Crippen molar-refractivity contribution in [2.24, 2.45) is 10.8 Å². The molecule has 1 amide bonds. The molecule has 5 nitrogen and oxygen atoms in total. The summed E-state index contributed by atoms with van der Waals surface area (Å²) in [6.07, 6.45) is 0. The zero-order valence-corrected chi connectivity index (χ0v) is 14.2. The topological polar surface area (TPSA) is 70.7 Å². The van der Waals surface area contributed by atoms with Crippen molar-refractivity contribution in [1.82, 2.24) is 10.3 Å². The number of amides is 1. The van der Waals surface area contributed by atoms with Gasteiger partial charge >= 0.3 is 0 Å². The number of nitrogens with zero attached hydrogens (tertiary/aromatic N) is 2. The molecule has 0 aromatic heterocycles. The maximum atomic E-state index is 11.8. The molecule has 0 spiro atoms. The summed E-state index contributed by atoms with van der Waals surface area (Å²) in [7, 11) is 0. The molecule has 1 atom stereocenters. The number of hydrogen-bond donors (Lipinski definition) is 2. The Morgan fingerprint density at radius 2 is 2.04 bits per heavy atom. The highest BCUT2D eigenvalue weighted by Crippen LogP contribution is 2.40. The van der Waals surface area contributed by atoms with Gasteiger partial charge in [0.05, 0.1) is 11.7 Å². The molecule has 1 heterocycles. The average molecular weight is 373 g/mol. The largest absolute Gasteiger partial charge is 0.340 e. The predicted molar refractivity (Wildman–Crippen MR) is 94.2 cm³/mol. The van der Waals surface area contributed by atoms with E-state index >= 15 is 0 Å². The Labute approximate surface area is 143 Å². The molecule has 23 heavy (non-hydrogen) atoms. The van der Waals surface area contributed by atoms with Crippen LogP contribution in [0.25, 0.3) is 0 Å². The maximum absolute atomic E-state index is 11.8. The summed E-state index contributed by atoms with van der Waals surface area (Å²) in [5.74, 6) is 5.80. The van der Waals surface area contributed by atoms with Crippen LogP contribution in [-0.2, 0) is 4.79 Å². The van der Waals surface area contributed by atoms with Crippen LogP contribution in [0.5, 0.6) is 0 Å². The fraction of sp³-hybridized carbons (Fsp3) is 0.176. The van der Waals surface area contributed by atoms with Crippen LogP contribution >= 0.6 is 15.9 Å². The van der Waals surface area contributed by atoms with Gasteiger partial charge < -0.3 is 4.90 Å². The van der Waals surface area contributed by atoms with E-state index in [1.807, 2.05) is 42.2 Å². The number of hydrazine groups is 1. The third-order valence-corrected chi connectivity index (χ3v) is 4.38. The number of carbonyl (C=O) groups is 1. The number of nitrogens with two attached hydrogens (primary N) is 1. The van der Waals surface area contributed by atoms with Crippen LogP contribution in [0.2, 0.25) is 0 Å². The first-order valence-electron chi connectivity index (χ1n) is 7.26. The molecule has 0 radical (unpaired) electrons. The van der Waals surface area contributed by atoms with Crippen LogP contribution in [0.3, 0.4) is 0 Å². The van der Waals surface area contributed by atoms with Crippen molar-refractivity contribution in [3.05, 3.63) is 64.1 Å². The van der Waals surface area contributed by atoms with E-state index in [2.05, 4.69) is 44.5 Å². The van der Waals surface area contributed by atoms with E-state index in [1.165, 1.54) is 0 Å². The highest BCUT2D eigenvalue weighted by molar-refractivity contribution is 9.10. The zero-order chi connectivity index (χ0) is 16.4. The van der Waals surface area contributed by atoms with Crippen molar-refractivity contribution in [3.63, 3.8) is 0 Å². The molecule has 2 aromatic carbocycles. The van der Waals surface area contributed by atoms with E-state index in [9.17, 15) is 4.79 Å². The van der Waals surface area contributed by atoms with E-state index < -0.39 is 0 Å². The number of hydrogen-bond acceptors (Lipinski definition) is 4. The molecule has 0 aliphatic carbocycles. The smallest absolute Gasteiger partial charge is 0.253 e. The number of amidine groups is 1. The molecular formula is C17H17BrN4O. The molecule has 0 unspecified atom stereocenters. The highest BCUT2D eigenvalue weighted by atomic mass is 79.9. The van der Waals surface area contributed by atoms with Crippen molar-refractivity contribution in [2.75, 3.05) is 6.54 Å². The Bertz CT molecular complexity index is 760. The van der Waals surface area contributed by atoms with Gasteiger partial charge in [0.1, 0.15) is 12.4 Å². The first-order chi connectivity index (χ1) is 11.1. The van der Waals surface area contributed by atoms with Gasteiger partial charge in [0, 0.05) is 10.0 Å². The lowest BCUT2D eigenvalue weighted by atomic mass is 9.94. The van der Waals surface area contributed by atoms with Gasteiger partial charge in [-0.25, -0.2) is 10.8 Å². The SMILES string of the molecule is CC1=Nc2ccc(Br)cc2[C@@H](c2ccccc2)N1CC(=O)NN. The Morgan fingerprint density at radius 1 is 1.30 bits per heavy atom. The second kappa shape index (κ2) is 6.52. The number of benzene rings is 2. The number of nitrogens with one attached hydrogen (secondary N) is 1. The molecule has 0 fully saturated rings. The van der Waals surface area contributed by atoms with Crippen LogP contribution < -0.4 is 11.3 Å². The van der Waals surface area contributed by atoms with Crippen LogP contribution in [0.1, 0.15) is 24.1 Å². The van der Waals surface area contributed by atoms with Crippen molar-refractivity contribution in [3.8, 4) is 0 Å². The second-order valence-electron chi connectivity index (χ2n) is 5.37. The number of rotatable bonds is 3. The second-order valence-corrected chi connectivity index (χ2v) is 6.29. The van der Waals surface area contributed by atoms with Crippen molar-refractivity contribution < 1.29 is 4.79 Å². The third kappa shape index (κ3) is 3.13. The fourth-order valence-corrected chi connectivity index (χ4v) is 3.22. The van der Waals surface area contributed by atoms with E-state index in [-0.39, 0.29) is 18.5 Å². The molecule has 1 aliphatic rings. The zero-order valence-electron chi connectivity index (χ0n) is 12.7. The summed E-state index contributed by atoms with van der Waals surface area (Å²) >= 11 is 3.52.